The number of furan rings is 1. The number of nitrogens with one attached hydrogen (secondary N) is 1. The fraction of sp³-hybridized carbons (Fsp3) is 0.312. The molecule has 0 bridgehead atoms. The lowest BCUT2D eigenvalue weighted by molar-refractivity contribution is -0.120. The quantitative estimate of drug-likeness (QED) is 0.805. The van der Waals surface area contributed by atoms with Gasteiger partial charge in [-0.2, -0.15) is 0 Å². The number of aliphatic hydroxyl groups is 1. The molecule has 2 atom stereocenters. The summed E-state index contributed by atoms with van der Waals surface area (Å²) in [6.45, 7) is 4.00. The Morgan fingerprint density at radius 3 is 2.57 bits per heavy atom. The monoisotopic (exact) mass is 305 g/mol. The maximum Gasteiger partial charge on any atom is 0.233 e. The summed E-state index contributed by atoms with van der Waals surface area (Å²) in [4.78, 5) is 13.0. The second-order valence-corrected chi connectivity index (χ2v) is 6.22. The number of benzene rings is 1. The highest BCUT2D eigenvalue weighted by Crippen LogP contribution is 2.25. The molecule has 112 valence electrons. The van der Waals surface area contributed by atoms with Crippen LogP contribution in [0.1, 0.15) is 31.3 Å². The Hall–Kier alpha value is -1.72. The highest BCUT2D eigenvalue weighted by molar-refractivity contribution is 8.00. The van der Waals surface area contributed by atoms with Gasteiger partial charge >= 0.3 is 0 Å². The molecular weight excluding hydrogens is 286 g/mol. The molecule has 1 amide bonds. The van der Waals surface area contributed by atoms with E-state index in [-0.39, 0.29) is 11.2 Å². The van der Waals surface area contributed by atoms with Crippen LogP contribution in [0, 0.1) is 0 Å². The Morgan fingerprint density at radius 1 is 1.29 bits per heavy atom. The molecule has 0 radical (unpaired) electrons. The molecule has 0 saturated carbocycles. The molecule has 1 aromatic heterocycles. The number of rotatable bonds is 6. The topological polar surface area (TPSA) is 62.5 Å². The molecule has 0 aliphatic heterocycles. The van der Waals surface area contributed by atoms with E-state index in [2.05, 4.69) is 5.32 Å². The summed E-state index contributed by atoms with van der Waals surface area (Å²) in [6.07, 6.45) is 1.11. The first-order chi connectivity index (χ1) is 10.1. The number of amides is 1. The SMILES string of the molecule is CC(Sc1ccc(C(C)O)cc1)C(=O)NCc1ccco1. The van der Waals surface area contributed by atoms with Crippen molar-refractivity contribution in [3.63, 3.8) is 0 Å². The minimum Gasteiger partial charge on any atom is -0.467 e. The van der Waals surface area contributed by atoms with Crippen molar-refractivity contribution in [1.29, 1.82) is 0 Å². The minimum atomic E-state index is -0.474. The number of aliphatic hydroxyl groups excluding tert-OH is 1. The molecule has 0 spiro atoms. The molecule has 2 unspecified atom stereocenters. The summed E-state index contributed by atoms with van der Waals surface area (Å²) >= 11 is 1.49. The van der Waals surface area contributed by atoms with Crippen LogP contribution in [0.25, 0.3) is 0 Å². The van der Waals surface area contributed by atoms with Gasteiger partial charge in [-0.3, -0.25) is 4.79 Å². The highest BCUT2D eigenvalue weighted by atomic mass is 32.2. The van der Waals surface area contributed by atoms with Gasteiger partial charge < -0.3 is 14.8 Å². The van der Waals surface area contributed by atoms with E-state index < -0.39 is 6.10 Å². The van der Waals surface area contributed by atoms with Crippen molar-refractivity contribution in [2.24, 2.45) is 0 Å². The lowest BCUT2D eigenvalue weighted by Gasteiger charge is -2.12. The second-order valence-electron chi connectivity index (χ2n) is 4.80. The van der Waals surface area contributed by atoms with E-state index in [1.54, 1.807) is 19.3 Å². The van der Waals surface area contributed by atoms with Crippen LogP contribution in [-0.4, -0.2) is 16.3 Å². The zero-order chi connectivity index (χ0) is 15.2. The van der Waals surface area contributed by atoms with E-state index in [0.29, 0.717) is 6.54 Å². The van der Waals surface area contributed by atoms with Gasteiger partial charge in [0.25, 0.3) is 0 Å². The average molecular weight is 305 g/mol. The number of carbonyl (C=O) groups excluding carboxylic acids is 1. The zero-order valence-electron chi connectivity index (χ0n) is 12.1. The van der Waals surface area contributed by atoms with Gasteiger partial charge in [-0.15, -0.1) is 11.8 Å². The van der Waals surface area contributed by atoms with Crippen LogP contribution in [0.5, 0.6) is 0 Å². The van der Waals surface area contributed by atoms with Gasteiger partial charge in [-0.25, -0.2) is 0 Å². The Bertz CT molecular complexity index is 564. The highest BCUT2D eigenvalue weighted by Gasteiger charge is 2.14. The van der Waals surface area contributed by atoms with Gasteiger partial charge in [-0.05, 0) is 43.7 Å². The van der Waals surface area contributed by atoms with Gasteiger partial charge in [0.05, 0.1) is 24.2 Å². The molecule has 1 heterocycles. The minimum absolute atomic E-state index is 0.0315. The van der Waals surface area contributed by atoms with Crippen LogP contribution in [0.2, 0.25) is 0 Å². The standard InChI is InChI=1S/C16H19NO3S/c1-11(18)13-5-7-15(8-6-13)21-12(2)16(19)17-10-14-4-3-9-20-14/h3-9,11-12,18H,10H2,1-2H3,(H,17,19). The Balaban J connectivity index is 1.85. The van der Waals surface area contributed by atoms with Crippen molar-refractivity contribution < 1.29 is 14.3 Å². The van der Waals surface area contributed by atoms with Gasteiger partial charge in [0, 0.05) is 4.90 Å². The maximum absolute atomic E-state index is 12.0. The normalized spacial score (nSPS) is 13.7. The van der Waals surface area contributed by atoms with Crippen molar-refractivity contribution in [3.8, 4) is 0 Å². The third-order valence-electron chi connectivity index (χ3n) is 3.06. The third kappa shape index (κ3) is 4.65. The molecule has 4 nitrogen and oxygen atoms in total. The van der Waals surface area contributed by atoms with Crippen LogP contribution < -0.4 is 5.32 Å². The van der Waals surface area contributed by atoms with E-state index in [0.717, 1.165) is 16.2 Å². The maximum atomic E-state index is 12.0. The van der Waals surface area contributed by atoms with Crippen molar-refractivity contribution >= 4 is 17.7 Å². The number of hydrogen-bond donors (Lipinski definition) is 2. The first-order valence-corrected chi connectivity index (χ1v) is 7.69. The third-order valence-corrected chi connectivity index (χ3v) is 4.17. The van der Waals surface area contributed by atoms with Crippen molar-refractivity contribution in [3.05, 3.63) is 54.0 Å². The molecule has 2 rings (SSSR count). The van der Waals surface area contributed by atoms with Gasteiger partial charge in [0.2, 0.25) is 5.91 Å². The molecule has 0 saturated heterocycles. The van der Waals surface area contributed by atoms with Crippen LogP contribution in [0.3, 0.4) is 0 Å². The first kappa shape index (κ1) is 15.7. The molecule has 0 aliphatic rings. The Morgan fingerprint density at radius 2 is 2.00 bits per heavy atom. The van der Waals surface area contributed by atoms with Crippen molar-refractivity contribution in [2.45, 2.75) is 36.6 Å². The summed E-state index contributed by atoms with van der Waals surface area (Å²) in [5.74, 6) is 0.706. The lowest BCUT2D eigenvalue weighted by atomic mass is 10.1. The van der Waals surface area contributed by atoms with E-state index in [9.17, 15) is 9.90 Å². The summed E-state index contributed by atoms with van der Waals surface area (Å²) in [7, 11) is 0. The van der Waals surface area contributed by atoms with Crippen LogP contribution in [-0.2, 0) is 11.3 Å². The molecule has 5 heteroatoms. The largest absolute Gasteiger partial charge is 0.467 e. The molecule has 2 aromatic rings. The predicted octanol–water partition coefficient (Wildman–Crippen LogP) is 3.13. The fourth-order valence-corrected chi connectivity index (χ4v) is 2.71. The van der Waals surface area contributed by atoms with Crippen LogP contribution in [0.15, 0.2) is 52.0 Å². The fourth-order valence-electron chi connectivity index (χ4n) is 1.81. The van der Waals surface area contributed by atoms with Gasteiger partial charge in [0.1, 0.15) is 5.76 Å². The summed E-state index contributed by atoms with van der Waals surface area (Å²) < 4.78 is 5.17. The second kappa shape index (κ2) is 7.33. The lowest BCUT2D eigenvalue weighted by Crippen LogP contribution is -2.30. The van der Waals surface area contributed by atoms with Crippen molar-refractivity contribution in [1.82, 2.24) is 5.32 Å². The smallest absolute Gasteiger partial charge is 0.233 e. The Kier molecular flexibility index (Phi) is 5.47. The molecule has 0 fully saturated rings. The molecule has 1 aromatic carbocycles. The number of carbonyl (C=O) groups is 1. The first-order valence-electron chi connectivity index (χ1n) is 6.81. The van der Waals surface area contributed by atoms with Crippen LogP contribution in [0.4, 0.5) is 0 Å². The van der Waals surface area contributed by atoms with E-state index in [1.165, 1.54) is 11.8 Å². The summed E-state index contributed by atoms with van der Waals surface area (Å²) in [5, 5.41) is 12.1. The molecule has 2 N–H and O–H groups in total. The van der Waals surface area contributed by atoms with E-state index in [1.807, 2.05) is 37.3 Å². The average Bonchev–Trinajstić information content (AvgIpc) is 2.98. The van der Waals surface area contributed by atoms with Crippen LogP contribution >= 0.6 is 11.8 Å². The molecule has 21 heavy (non-hydrogen) atoms. The summed E-state index contributed by atoms with van der Waals surface area (Å²) in [5.41, 5.74) is 0.870. The predicted molar refractivity (Wildman–Crippen MR) is 82.9 cm³/mol. The van der Waals surface area contributed by atoms with Gasteiger partial charge in [-0.1, -0.05) is 12.1 Å². The molecular formula is C16H19NO3S. The molecule has 0 aliphatic carbocycles. The van der Waals surface area contributed by atoms with Gasteiger partial charge in [0.15, 0.2) is 0 Å². The summed E-state index contributed by atoms with van der Waals surface area (Å²) in [6, 6.07) is 11.2. The number of thioether (sulfide) groups is 1. The van der Waals surface area contributed by atoms with E-state index in [4.69, 9.17) is 4.42 Å². The Labute approximate surface area is 128 Å². The van der Waals surface area contributed by atoms with E-state index >= 15 is 0 Å². The number of hydrogen-bond acceptors (Lipinski definition) is 4. The van der Waals surface area contributed by atoms with Crippen molar-refractivity contribution in [2.75, 3.05) is 0 Å². The zero-order valence-corrected chi connectivity index (χ0v) is 12.9.